The van der Waals surface area contributed by atoms with E-state index in [1.165, 1.54) is 0 Å². The molecule has 0 saturated carbocycles. The number of methoxy groups -OCH3 is 2. The van der Waals surface area contributed by atoms with Crippen LogP contribution < -0.4 is 9.47 Å². The lowest BCUT2D eigenvalue weighted by Crippen LogP contribution is -1.89. The number of H-pyrrole nitrogens is 1. The fraction of sp³-hybridized carbons (Fsp3) is 0.133. The highest BCUT2D eigenvalue weighted by atomic mass is 16.5. The van der Waals surface area contributed by atoms with Gasteiger partial charge in [-0.2, -0.15) is 0 Å². The maximum atomic E-state index is 9.32. The van der Waals surface area contributed by atoms with Crippen molar-refractivity contribution < 1.29 is 14.6 Å². The van der Waals surface area contributed by atoms with E-state index in [0.717, 1.165) is 22.4 Å². The zero-order valence-electron chi connectivity index (χ0n) is 11.2. The molecule has 0 aliphatic carbocycles. The predicted octanol–water partition coefficient (Wildman–Crippen LogP) is 2.95. The Bertz CT molecular complexity index is 707. The molecule has 0 aliphatic heterocycles. The van der Waals surface area contributed by atoms with Crippen LogP contribution in [0.15, 0.2) is 36.4 Å². The molecule has 0 radical (unpaired) electrons. The van der Waals surface area contributed by atoms with Crippen molar-refractivity contribution in [2.24, 2.45) is 0 Å². The predicted molar refractivity (Wildman–Crippen MR) is 76.3 cm³/mol. The first-order chi connectivity index (χ1) is 9.71. The van der Waals surface area contributed by atoms with Gasteiger partial charge in [0.05, 0.1) is 25.3 Å². The van der Waals surface area contributed by atoms with Gasteiger partial charge in [-0.15, -0.1) is 0 Å². The third-order valence-corrected chi connectivity index (χ3v) is 3.13. The van der Waals surface area contributed by atoms with Crippen molar-refractivity contribution in [1.29, 1.82) is 0 Å². The summed E-state index contributed by atoms with van der Waals surface area (Å²) in [5.74, 6) is 2.26. The fourth-order valence-electron chi connectivity index (χ4n) is 2.09. The average molecular weight is 270 g/mol. The van der Waals surface area contributed by atoms with Crippen LogP contribution in [0.25, 0.3) is 22.4 Å². The number of fused-ring (bicyclic) bond motifs is 1. The number of phenolic OH excluding ortho intramolecular Hbond substituents is 1. The number of aromatic hydroxyl groups is 1. The Hall–Kier alpha value is -2.69. The van der Waals surface area contributed by atoms with Crippen LogP contribution in [0.3, 0.4) is 0 Å². The second-order valence-corrected chi connectivity index (χ2v) is 4.36. The maximum Gasteiger partial charge on any atom is 0.163 e. The van der Waals surface area contributed by atoms with Crippen molar-refractivity contribution >= 4 is 11.0 Å². The van der Waals surface area contributed by atoms with Gasteiger partial charge < -0.3 is 19.6 Å². The first-order valence-electron chi connectivity index (χ1n) is 6.12. The van der Waals surface area contributed by atoms with Crippen molar-refractivity contribution in [3.8, 4) is 28.6 Å². The number of aromatic nitrogens is 2. The molecule has 0 fully saturated rings. The fourth-order valence-corrected chi connectivity index (χ4v) is 2.09. The molecule has 1 aromatic heterocycles. The molecule has 0 amide bonds. The van der Waals surface area contributed by atoms with Gasteiger partial charge in [0.1, 0.15) is 11.6 Å². The number of imidazole rings is 1. The molecule has 3 rings (SSSR count). The number of rotatable bonds is 3. The maximum absolute atomic E-state index is 9.32. The average Bonchev–Trinajstić information content (AvgIpc) is 2.89. The molecule has 20 heavy (non-hydrogen) atoms. The molecule has 1 heterocycles. The van der Waals surface area contributed by atoms with Crippen molar-refractivity contribution in [3.63, 3.8) is 0 Å². The van der Waals surface area contributed by atoms with E-state index >= 15 is 0 Å². The van der Waals surface area contributed by atoms with E-state index in [2.05, 4.69) is 9.97 Å². The molecule has 0 bridgehead atoms. The quantitative estimate of drug-likeness (QED) is 0.767. The summed E-state index contributed by atoms with van der Waals surface area (Å²) >= 11 is 0. The summed E-state index contributed by atoms with van der Waals surface area (Å²) in [6.45, 7) is 0. The molecule has 0 aliphatic rings. The minimum absolute atomic E-state index is 0.230. The molecule has 5 nitrogen and oxygen atoms in total. The van der Waals surface area contributed by atoms with Crippen LogP contribution >= 0.6 is 0 Å². The molecule has 0 unspecified atom stereocenters. The van der Waals surface area contributed by atoms with Gasteiger partial charge in [-0.05, 0) is 24.3 Å². The third kappa shape index (κ3) is 2.03. The second-order valence-electron chi connectivity index (χ2n) is 4.36. The highest BCUT2D eigenvalue weighted by molar-refractivity contribution is 5.83. The van der Waals surface area contributed by atoms with E-state index in [-0.39, 0.29) is 5.75 Å². The van der Waals surface area contributed by atoms with Crippen molar-refractivity contribution in [1.82, 2.24) is 9.97 Å². The largest absolute Gasteiger partial charge is 0.508 e. The summed E-state index contributed by atoms with van der Waals surface area (Å²) in [4.78, 5) is 7.75. The van der Waals surface area contributed by atoms with Crippen LogP contribution in [0.2, 0.25) is 0 Å². The Labute approximate surface area is 115 Å². The molecular weight excluding hydrogens is 256 g/mol. The summed E-state index contributed by atoms with van der Waals surface area (Å²) in [6.07, 6.45) is 0. The van der Waals surface area contributed by atoms with E-state index in [4.69, 9.17) is 9.47 Å². The second kappa shape index (κ2) is 4.77. The highest BCUT2D eigenvalue weighted by Gasteiger charge is 2.10. The van der Waals surface area contributed by atoms with Crippen LogP contribution in [-0.2, 0) is 0 Å². The zero-order valence-corrected chi connectivity index (χ0v) is 11.2. The Balaban J connectivity index is 2.12. The van der Waals surface area contributed by atoms with Gasteiger partial charge in [-0.25, -0.2) is 4.98 Å². The first-order valence-corrected chi connectivity index (χ1v) is 6.12. The Morgan fingerprint density at radius 3 is 2.30 bits per heavy atom. The standard InChI is InChI=1S/C15H14N2O3/c1-19-13-7-11-12(8-14(13)20-2)17-15(16-11)9-3-5-10(18)6-4-9/h3-8,18H,1-2H3,(H,16,17). The number of benzene rings is 2. The van der Waals surface area contributed by atoms with Crippen LogP contribution in [0.1, 0.15) is 0 Å². The molecule has 2 aromatic carbocycles. The minimum Gasteiger partial charge on any atom is -0.508 e. The van der Waals surface area contributed by atoms with E-state index < -0.39 is 0 Å². The van der Waals surface area contributed by atoms with Gasteiger partial charge >= 0.3 is 0 Å². The van der Waals surface area contributed by atoms with E-state index in [1.807, 2.05) is 24.3 Å². The van der Waals surface area contributed by atoms with Crippen LogP contribution in [0, 0.1) is 0 Å². The van der Waals surface area contributed by atoms with Crippen LogP contribution in [-0.4, -0.2) is 29.3 Å². The van der Waals surface area contributed by atoms with Crippen LogP contribution in [0.5, 0.6) is 17.2 Å². The normalized spacial score (nSPS) is 10.7. The molecule has 2 N–H and O–H groups in total. The minimum atomic E-state index is 0.230. The lowest BCUT2D eigenvalue weighted by molar-refractivity contribution is 0.356. The molecule has 5 heteroatoms. The molecule has 0 atom stereocenters. The zero-order chi connectivity index (χ0) is 14.1. The SMILES string of the molecule is COc1cc2nc(-c3ccc(O)cc3)[nH]c2cc1OC. The number of ether oxygens (including phenoxy) is 2. The monoisotopic (exact) mass is 270 g/mol. The number of aromatic amines is 1. The molecular formula is C15H14N2O3. The molecule has 3 aromatic rings. The van der Waals surface area contributed by atoms with Crippen molar-refractivity contribution in [2.75, 3.05) is 14.2 Å². The smallest absolute Gasteiger partial charge is 0.163 e. The summed E-state index contributed by atoms with van der Waals surface area (Å²) in [5, 5.41) is 9.32. The Morgan fingerprint density at radius 2 is 1.65 bits per heavy atom. The number of nitrogens with one attached hydrogen (secondary N) is 1. The third-order valence-electron chi connectivity index (χ3n) is 3.13. The van der Waals surface area contributed by atoms with Gasteiger partial charge in [-0.1, -0.05) is 0 Å². The number of hydrogen-bond acceptors (Lipinski definition) is 4. The van der Waals surface area contributed by atoms with Gasteiger partial charge in [0.25, 0.3) is 0 Å². The van der Waals surface area contributed by atoms with Gasteiger partial charge in [0.15, 0.2) is 11.5 Å². The van der Waals surface area contributed by atoms with E-state index in [1.54, 1.807) is 26.4 Å². The van der Waals surface area contributed by atoms with Gasteiger partial charge in [0.2, 0.25) is 0 Å². The lowest BCUT2D eigenvalue weighted by Gasteiger charge is -2.06. The summed E-state index contributed by atoms with van der Waals surface area (Å²) < 4.78 is 10.5. The summed E-state index contributed by atoms with van der Waals surface area (Å²) in [5.41, 5.74) is 2.56. The van der Waals surface area contributed by atoms with Gasteiger partial charge in [0, 0.05) is 17.7 Å². The van der Waals surface area contributed by atoms with Crippen molar-refractivity contribution in [2.45, 2.75) is 0 Å². The first kappa shape index (κ1) is 12.3. The Morgan fingerprint density at radius 1 is 1.00 bits per heavy atom. The van der Waals surface area contributed by atoms with Crippen LogP contribution in [0.4, 0.5) is 0 Å². The number of hydrogen-bond donors (Lipinski definition) is 2. The lowest BCUT2D eigenvalue weighted by atomic mass is 10.2. The highest BCUT2D eigenvalue weighted by Crippen LogP contribution is 2.32. The molecule has 102 valence electrons. The summed E-state index contributed by atoms with van der Waals surface area (Å²) in [7, 11) is 3.19. The number of nitrogens with zero attached hydrogens (tertiary/aromatic N) is 1. The van der Waals surface area contributed by atoms with Crippen molar-refractivity contribution in [3.05, 3.63) is 36.4 Å². The molecule has 0 spiro atoms. The summed E-state index contributed by atoms with van der Waals surface area (Å²) in [6, 6.07) is 10.6. The van der Waals surface area contributed by atoms with E-state index in [0.29, 0.717) is 11.5 Å². The number of phenols is 1. The topological polar surface area (TPSA) is 67.4 Å². The Kier molecular flexibility index (Phi) is 2.95. The molecule has 0 saturated heterocycles. The van der Waals surface area contributed by atoms with Gasteiger partial charge in [-0.3, -0.25) is 0 Å². The van der Waals surface area contributed by atoms with E-state index in [9.17, 15) is 5.11 Å².